The zero-order valence-electron chi connectivity index (χ0n) is 11.7. The summed E-state index contributed by atoms with van der Waals surface area (Å²) in [6.07, 6.45) is -0.814. The average molecular weight is 300 g/mol. The first-order valence-corrected chi connectivity index (χ1v) is 7.14. The molecule has 3 nitrogen and oxygen atoms in total. The molecule has 2 rings (SSSR count). The Balaban J connectivity index is 2.18. The van der Waals surface area contributed by atoms with E-state index in [0.29, 0.717) is 25.1 Å². The standard InChI is InChI=1S/C15H19F3N2O/c16-15(17,18)14(21)20-9-3-5-12-10-11(4-1-2-8-19)6-7-13(12)20/h6-7,10H,1-5,8-9,19H2. The van der Waals surface area contributed by atoms with Crippen LogP contribution in [-0.2, 0) is 17.6 Å². The largest absolute Gasteiger partial charge is 0.471 e. The number of alkyl halides is 3. The number of rotatable bonds is 4. The molecule has 1 aliphatic heterocycles. The van der Waals surface area contributed by atoms with E-state index in [1.807, 2.05) is 6.07 Å². The molecule has 1 aromatic rings. The molecule has 2 N–H and O–H groups in total. The Bertz CT molecular complexity index is 514. The van der Waals surface area contributed by atoms with Gasteiger partial charge in [0.05, 0.1) is 0 Å². The lowest BCUT2D eigenvalue weighted by Crippen LogP contribution is -2.43. The van der Waals surface area contributed by atoms with Crippen LogP contribution < -0.4 is 10.6 Å². The zero-order valence-corrected chi connectivity index (χ0v) is 11.7. The smallest absolute Gasteiger partial charge is 0.330 e. The number of nitrogens with two attached hydrogens (primary N) is 1. The summed E-state index contributed by atoms with van der Waals surface area (Å²) in [7, 11) is 0. The number of aryl methyl sites for hydroxylation is 2. The predicted octanol–water partition coefficient (Wildman–Crippen LogP) is 2.81. The second-order valence-electron chi connectivity index (χ2n) is 5.27. The molecule has 0 aromatic heterocycles. The van der Waals surface area contributed by atoms with Crippen molar-refractivity contribution < 1.29 is 18.0 Å². The number of anilines is 1. The molecule has 0 fully saturated rings. The van der Waals surface area contributed by atoms with Gasteiger partial charge >= 0.3 is 12.1 Å². The van der Waals surface area contributed by atoms with Gasteiger partial charge in [0, 0.05) is 12.2 Å². The normalized spacial score (nSPS) is 15.0. The topological polar surface area (TPSA) is 46.3 Å². The van der Waals surface area contributed by atoms with Gasteiger partial charge in [-0.2, -0.15) is 13.2 Å². The molecule has 21 heavy (non-hydrogen) atoms. The van der Waals surface area contributed by atoms with Gasteiger partial charge < -0.3 is 10.6 Å². The minimum atomic E-state index is -4.82. The maximum absolute atomic E-state index is 12.6. The van der Waals surface area contributed by atoms with Crippen LogP contribution in [0, 0.1) is 0 Å². The highest BCUT2D eigenvalue weighted by Crippen LogP contribution is 2.32. The average Bonchev–Trinajstić information content (AvgIpc) is 2.45. The monoisotopic (exact) mass is 300 g/mol. The number of nitrogens with zero attached hydrogens (tertiary/aromatic N) is 1. The lowest BCUT2D eigenvalue weighted by atomic mass is 9.97. The van der Waals surface area contributed by atoms with E-state index in [2.05, 4.69) is 0 Å². The lowest BCUT2D eigenvalue weighted by Gasteiger charge is -2.30. The van der Waals surface area contributed by atoms with Crippen LogP contribution in [0.25, 0.3) is 0 Å². The quantitative estimate of drug-likeness (QED) is 0.869. The van der Waals surface area contributed by atoms with E-state index >= 15 is 0 Å². The second kappa shape index (κ2) is 6.47. The highest BCUT2D eigenvalue weighted by molar-refractivity contribution is 5.98. The zero-order chi connectivity index (χ0) is 15.5. The molecule has 0 saturated carbocycles. The summed E-state index contributed by atoms with van der Waals surface area (Å²) in [6, 6.07) is 5.36. The van der Waals surface area contributed by atoms with Crippen molar-refractivity contribution >= 4 is 11.6 Å². The van der Waals surface area contributed by atoms with E-state index in [9.17, 15) is 18.0 Å². The van der Waals surface area contributed by atoms with Gasteiger partial charge in [-0.05, 0) is 55.8 Å². The van der Waals surface area contributed by atoms with Crippen molar-refractivity contribution in [1.29, 1.82) is 0 Å². The number of carbonyl (C=O) groups is 1. The summed E-state index contributed by atoms with van der Waals surface area (Å²) in [5.74, 6) is -1.78. The maximum Gasteiger partial charge on any atom is 0.471 e. The number of carbonyl (C=O) groups excluding carboxylic acids is 1. The van der Waals surface area contributed by atoms with Gasteiger partial charge in [-0.3, -0.25) is 4.79 Å². The van der Waals surface area contributed by atoms with Crippen LogP contribution in [-0.4, -0.2) is 25.2 Å². The number of hydrogen-bond acceptors (Lipinski definition) is 2. The van der Waals surface area contributed by atoms with E-state index in [-0.39, 0.29) is 6.54 Å². The first-order chi connectivity index (χ1) is 9.93. The molecule has 6 heteroatoms. The third-order valence-electron chi connectivity index (χ3n) is 3.67. The third-order valence-corrected chi connectivity index (χ3v) is 3.67. The molecular formula is C15H19F3N2O. The maximum atomic E-state index is 12.6. The van der Waals surface area contributed by atoms with Crippen LogP contribution in [0.15, 0.2) is 18.2 Å². The van der Waals surface area contributed by atoms with Gasteiger partial charge in [-0.15, -0.1) is 0 Å². The van der Waals surface area contributed by atoms with Crippen LogP contribution in [0.2, 0.25) is 0 Å². The molecule has 1 amide bonds. The second-order valence-corrected chi connectivity index (χ2v) is 5.27. The molecule has 1 heterocycles. The summed E-state index contributed by atoms with van der Waals surface area (Å²) in [5, 5.41) is 0. The lowest BCUT2D eigenvalue weighted by molar-refractivity contribution is -0.170. The molecule has 116 valence electrons. The van der Waals surface area contributed by atoms with Gasteiger partial charge in [0.25, 0.3) is 0 Å². The molecule has 0 atom stereocenters. The number of benzene rings is 1. The van der Waals surface area contributed by atoms with Crippen LogP contribution in [0.4, 0.5) is 18.9 Å². The Labute approximate surface area is 121 Å². The minimum absolute atomic E-state index is 0.123. The van der Waals surface area contributed by atoms with Gasteiger partial charge in [0.15, 0.2) is 0 Å². The van der Waals surface area contributed by atoms with Crippen LogP contribution in [0.5, 0.6) is 0 Å². The van der Waals surface area contributed by atoms with E-state index < -0.39 is 12.1 Å². The van der Waals surface area contributed by atoms with Crippen molar-refractivity contribution in [2.24, 2.45) is 5.73 Å². The van der Waals surface area contributed by atoms with E-state index in [1.165, 1.54) is 0 Å². The van der Waals surface area contributed by atoms with Crippen LogP contribution in [0.1, 0.15) is 30.4 Å². The summed E-state index contributed by atoms with van der Waals surface area (Å²) in [5.41, 5.74) is 7.75. The molecule has 0 aliphatic carbocycles. The fourth-order valence-corrected chi connectivity index (χ4v) is 2.64. The highest BCUT2D eigenvalue weighted by atomic mass is 19.4. The van der Waals surface area contributed by atoms with Crippen molar-refractivity contribution in [3.05, 3.63) is 29.3 Å². The van der Waals surface area contributed by atoms with Gasteiger partial charge in [-0.1, -0.05) is 12.1 Å². The highest BCUT2D eigenvalue weighted by Gasteiger charge is 2.43. The molecule has 0 bridgehead atoms. The molecule has 1 aromatic carbocycles. The van der Waals surface area contributed by atoms with Crippen molar-refractivity contribution in [3.63, 3.8) is 0 Å². The Morgan fingerprint density at radius 2 is 2.05 bits per heavy atom. The first-order valence-electron chi connectivity index (χ1n) is 7.14. The summed E-state index contributed by atoms with van der Waals surface area (Å²) in [6.45, 7) is 0.761. The Morgan fingerprint density at radius 1 is 1.29 bits per heavy atom. The number of unbranched alkanes of at least 4 members (excludes halogenated alkanes) is 1. The van der Waals surface area contributed by atoms with Gasteiger partial charge in [0.2, 0.25) is 0 Å². The number of halogens is 3. The molecule has 0 unspecified atom stereocenters. The summed E-state index contributed by atoms with van der Waals surface area (Å²) >= 11 is 0. The first kappa shape index (κ1) is 15.8. The Kier molecular flexibility index (Phi) is 4.88. The van der Waals surface area contributed by atoms with Crippen molar-refractivity contribution in [3.8, 4) is 0 Å². The predicted molar refractivity (Wildman–Crippen MR) is 75.2 cm³/mol. The third kappa shape index (κ3) is 3.75. The van der Waals surface area contributed by atoms with Gasteiger partial charge in [-0.25, -0.2) is 0 Å². The Morgan fingerprint density at radius 3 is 2.71 bits per heavy atom. The molecule has 0 saturated heterocycles. The fraction of sp³-hybridized carbons (Fsp3) is 0.533. The summed E-state index contributed by atoms with van der Waals surface area (Å²) in [4.78, 5) is 12.3. The minimum Gasteiger partial charge on any atom is -0.330 e. The fourth-order valence-electron chi connectivity index (χ4n) is 2.64. The van der Waals surface area contributed by atoms with Gasteiger partial charge in [0.1, 0.15) is 0 Å². The SMILES string of the molecule is NCCCCc1ccc2c(c1)CCCN2C(=O)C(F)(F)F. The number of hydrogen-bond donors (Lipinski definition) is 1. The van der Waals surface area contributed by atoms with E-state index in [0.717, 1.165) is 35.3 Å². The van der Waals surface area contributed by atoms with Crippen molar-refractivity contribution in [1.82, 2.24) is 0 Å². The number of fused-ring (bicyclic) bond motifs is 1. The van der Waals surface area contributed by atoms with E-state index in [1.54, 1.807) is 12.1 Å². The molecule has 1 aliphatic rings. The summed E-state index contributed by atoms with van der Waals surface area (Å²) < 4.78 is 37.8. The Hall–Kier alpha value is -1.56. The number of amides is 1. The van der Waals surface area contributed by atoms with Crippen molar-refractivity contribution in [2.45, 2.75) is 38.3 Å². The van der Waals surface area contributed by atoms with Crippen LogP contribution >= 0.6 is 0 Å². The molecule has 0 spiro atoms. The van der Waals surface area contributed by atoms with Crippen LogP contribution in [0.3, 0.4) is 0 Å². The molecular weight excluding hydrogens is 281 g/mol. The molecule has 0 radical (unpaired) electrons. The van der Waals surface area contributed by atoms with E-state index in [4.69, 9.17) is 5.73 Å². The van der Waals surface area contributed by atoms with Crippen molar-refractivity contribution in [2.75, 3.05) is 18.0 Å².